The number of hydrogen-bond acceptors (Lipinski definition) is 2. The Labute approximate surface area is 87.2 Å². The Balaban J connectivity index is 3.45. The zero-order chi connectivity index (χ0) is 10.1. The molecule has 0 saturated heterocycles. The molecular weight excluding hydrogens is 186 g/mol. The highest BCUT2D eigenvalue weighted by atomic mass is 35.5. The lowest BCUT2D eigenvalue weighted by Crippen LogP contribution is -2.34. The van der Waals surface area contributed by atoms with Crippen molar-refractivity contribution >= 4 is 11.6 Å². The van der Waals surface area contributed by atoms with Crippen LogP contribution < -0.4 is 0 Å². The lowest BCUT2D eigenvalue weighted by atomic mass is 10.3. The van der Waals surface area contributed by atoms with Crippen LogP contribution in [0.1, 0.15) is 27.2 Å². The Hall–Kier alpha value is 0.210. The lowest BCUT2D eigenvalue weighted by molar-refractivity contribution is 0.102. The quantitative estimate of drug-likeness (QED) is 0.448. The molecule has 0 bridgehead atoms. The van der Waals surface area contributed by atoms with E-state index in [4.69, 9.17) is 16.3 Å². The van der Waals surface area contributed by atoms with Gasteiger partial charge in [-0.25, -0.2) is 0 Å². The molecule has 80 valence electrons. The molecule has 0 aliphatic heterocycles. The van der Waals surface area contributed by atoms with E-state index >= 15 is 0 Å². The van der Waals surface area contributed by atoms with Gasteiger partial charge in [0.05, 0.1) is 13.2 Å². The van der Waals surface area contributed by atoms with Crippen LogP contribution in [-0.4, -0.2) is 43.1 Å². The summed E-state index contributed by atoms with van der Waals surface area (Å²) < 4.78 is 5.34. The van der Waals surface area contributed by atoms with E-state index in [1.165, 1.54) is 6.42 Å². The summed E-state index contributed by atoms with van der Waals surface area (Å²) in [5.74, 6) is 0.593. The van der Waals surface area contributed by atoms with Crippen LogP contribution in [0.25, 0.3) is 0 Å². The summed E-state index contributed by atoms with van der Waals surface area (Å²) in [4.78, 5) is 2.42. The first-order chi connectivity index (χ1) is 6.22. The molecule has 0 N–H and O–H groups in total. The van der Waals surface area contributed by atoms with Gasteiger partial charge in [-0.2, -0.15) is 0 Å². The molecule has 0 amide bonds. The predicted octanol–water partition coefficient (Wildman–Crippen LogP) is 2.36. The molecule has 0 aromatic heterocycles. The predicted molar refractivity (Wildman–Crippen MR) is 58.5 cm³/mol. The Morgan fingerprint density at radius 1 is 1.23 bits per heavy atom. The average Bonchev–Trinajstić information content (AvgIpc) is 2.10. The molecule has 3 heteroatoms. The lowest BCUT2D eigenvalue weighted by Gasteiger charge is -2.25. The molecule has 0 saturated carbocycles. The second kappa shape index (κ2) is 8.79. The summed E-state index contributed by atoms with van der Waals surface area (Å²) in [6.45, 7) is 10.3. The van der Waals surface area contributed by atoms with Crippen molar-refractivity contribution in [1.29, 1.82) is 0 Å². The molecule has 0 spiro atoms. The van der Waals surface area contributed by atoms with E-state index in [1.54, 1.807) is 0 Å². The fourth-order valence-corrected chi connectivity index (χ4v) is 1.36. The highest BCUT2D eigenvalue weighted by molar-refractivity contribution is 6.17. The van der Waals surface area contributed by atoms with Crippen molar-refractivity contribution in [1.82, 2.24) is 4.90 Å². The van der Waals surface area contributed by atoms with Gasteiger partial charge in [-0.15, -0.1) is 11.6 Å². The first-order valence-electron chi connectivity index (χ1n) is 5.10. The van der Waals surface area contributed by atoms with Gasteiger partial charge in [0.2, 0.25) is 0 Å². The molecule has 0 heterocycles. The van der Waals surface area contributed by atoms with Crippen LogP contribution >= 0.6 is 11.6 Å². The summed E-state index contributed by atoms with van der Waals surface area (Å²) in [6, 6.07) is 0.611. The Morgan fingerprint density at radius 2 is 1.92 bits per heavy atom. The number of alkyl halides is 1. The van der Waals surface area contributed by atoms with E-state index in [-0.39, 0.29) is 0 Å². The normalized spacial score (nSPS) is 11.5. The van der Waals surface area contributed by atoms with Gasteiger partial charge in [0.25, 0.3) is 0 Å². The first-order valence-corrected chi connectivity index (χ1v) is 5.63. The molecule has 0 aliphatic carbocycles. The number of ether oxygens (including phenoxy) is 1. The van der Waals surface area contributed by atoms with Gasteiger partial charge in [-0.3, -0.25) is 4.90 Å². The van der Waals surface area contributed by atoms with Crippen molar-refractivity contribution in [2.24, 2.45) is 0 Å². The monoisotopic (exact) mass is 207 g/mol. The maximum Gasteiger partial charge on any atom is 0.0602 e. The summed E-state index contributed by atoms with van der Waals surface area (Å²) in [6.07, 6.45) is 1.20. The Morgan fingerprint density at radius 3 is 2.38 bits per heavy atom. The molecule has 0 radical (unpaired) electrons. The molecule has 0 unspecified atom stereocenters. The summed E-state index contributed by atoms with van der Waals surface area (Å²) in [7, 11) is 0. The first kappa shape index (κ1) is 13.2. The number of rotatable bonds is 8. The summed E-state index contributed by atoms with van der Waals surface area (Å²) in [5.41, 5.74) is 0. The van der Waals surface area contributed by atoms with Crippen molar-refractivity contribution in [3.8, 4) is 0 Å². The van der Waals surface area contributed by atoms with Crippen molar-refractivity contribution in [2.75, 3.05) is 32.2 Å². The van der Waals surface area contributed by atoms with Gasteiger partial charge in [-0.1, -0.05) is 6.92 Å². The maximum atomic E-state index is 5.50. The second-order valence-electron chi connectivity index (χ2n) is 3.43. The standard InChI is InChI=1S/C10H22ClNO/c1-4-6-12(10(2)3)7-9-13-8-5-11/h10H,4-9H2,1-3H3. The van der Waals surface area contributed by atoms with Gasteiger partial charge in [0.1, 0.15) is 0 Å². The van der Waals surface area contributed by atoms with Crippen LogP contribution in [0.4, 0.5) is 0 Å². The number of nitrogens with zero attached hydrogens (tertiary/aromatic N) is 1. The molecular formula is C10H22ClNO. The summed E-state index contributed by atoms with van der Waals surface area (Å²) >= 11 is 5.50. The van der Waals surface area contributed by atoms with Gasteiger partial charge < -0.3 is 4.74 Å². The highest BCUT2D eigenvalue weighted by Crippen LogP contribution is 1.99. The largest absolute Gasteiger partial charge is 0.379 e. The average molecular weight is 208 g/mol. The fourth-order valence-electron chi connectivity index (χ4n) is 1.25. The van der Waals surface area contributed by atoms with Crippen LogP contribution in [0.15, 0.2) is 0 Å². The fraction of sp³-hybridized carbons (Fsp3) is 1.00. The van der Waals surface area contributed by atoms with Gasteiger partial charge >= 0.3 is 0 Å². The van der Waals surface area contributed by atoms with Crippen molar-refractivity contribution in [3.05, 3.63) is 0 Å². The highest BCUT2D eigenvalue weighted by Gasteiger charge is 2.06. The van der Waals surface area contributed by atoms with Gasteiger partial charge in [-0.05, 0) is 26.8 Å². The van der Waals surface area contributed by atoms with Crippen LogP contribution in [0.2, 0.25) is 0 Å². The molecule has 2 nitrogen and oxygen atoms in total. The summed E-state index contributed by atoms with van der Waals surface area (Å²) in [5, 5.41) is 0. The topological polar surface area (TPSA) is 12.5 Å². The minimum atomic E-state index is 0.593. The van der Waals surface area contributed by atoms with E-state index in [0.717, 1.165) is 19.7 Å². The van der Waals surface area contributed by atoms with E-state index in [9.17, 15) is 0 Å². The minimum Gasteiger partial charge on any atom is -0.379 e. The number of halogens is 1. The van der Waals surface area contributed by atoms with E-state index in [2.05, 4.69) is 25.7 Å². The molecule has 0 aromatic carbocycles. The van der Waals surface area contributed by atoms with Crippen LogP contribution in [-0.2, 0) is 4.74 Å². The van der Waals surface area contributed by atoms with Crippen molar-refractivity contribution in [3.63, 3.8) is 0 Å². The molecule has 0 atom stereocenters. The smallest absolute Gasteiger partial charge is 0.0602 e. The van der Waals surface area contributed by atoms with E-state index in [1.807, 2.05) is 0 Å². The van der Waals surface area contributed by atoms with E-state index in [0.29, 0.717) is 18.5 Å². The third-order valence-corrected chi connectivity index (χ3v) is 2.14. The van der Waals surface area contributed by atoms with E-state index < -0.39 is 0 Å². The van der Waals surface area contributed by atoms with Gasteiger partial charge in [0, 0.05) is 18.5 Å². The van der Waals surface area contributed by atoms with Crippen molar-refractivity contribution < 1.29 is 4.74 Å². The number of hydrogen-bond donors (Lipinski definition) is 0. The third-order valence-electron chi connectivity index (χ3n) is 1.99. The van der Waals surface area contributed by atoms with Crippen LogP contribution in [0.3, 0.4) is 0 Å². The SMILES string of the molecule is CCCN(CCOCCCl)C(C)C. The van der Waals surface area contributed by atoms with Crippen LogP contribution in [0.5, 0.6) is 0 Å². The Kier molecular flexibility index (Phi) is 8.93. The van der Waals surface area contributed by atoms with Crippen molar-refractivity contribution in [2.45, 2.75) is 33.2 Å². The second-order valence-corrected chi connectivity index (χ2v) is 3.81. The maximum absolute atomic E-state index is 5.50. The molecule has 0 rings (SSSR count). The zero-order valence-corrected chi connectivity index (χ0v) is 9.81. The molecule has 0 aromatic rings. The van der Waals surface area contributed by atoms with Gasteiger partial charge in [0.15, 0.2) is 0 Å². The van der Waals surface area contributed by atoms with Crippen LogP contribution in [0, 0.1) is 0 Å². The Bertz CT molecular complexity index is 109. The molecule has 0 aliphatic rings. The molecule has 0 fully saturated rings. The zero-order valence-electron chi connectivity index (χ0n) is 9.05. The molecule has 13 heavy (non-hydrogen) atoms. The third kappa shape index (κ3) is 7.29. The minimum absolute atomic E-state index is 0.593.